The zero-order valence-corrected chi connectivity index (χ0v) is 15.1. The van der Waals surface area contributed by atoms with Crippen LogP contribution in [0.4, 0.5) is 8.78 Å². The van der Waals surface area contributed by atoms with Crippen LogP contribution in [0.1, 0.15) is 29.0 Å². The summed E-state index contributed by atoms with van der Waals surface area (Å²) in [5.41, 5.74) is 0.620. The Morgan fingerprint density at radius 2 is 2.00 bits per heavy atom. The van der Waals surface area contributed by atoms with Gasteiger partial charge in [-0.15, -0.1) is 0 Å². The highest BCUT2D eigenvalue weighted by atomic mass is 19.1. The van der Waals surface area contributed by atoms with Gasteiger partial charge in [0.15, 0.2) is 5.82 Å². The van der Waals surface area contributed by atoms with Crippen molar-refractivity contribution in [2.45, 2.75) is 19.3 Å². The molecule has 0 saturated carbocycles. The molecule has 5 nitrogen and oxygen atoms in total. The fourth-order valence-electron chi connectivity index (χ4n) is 3.54. The summed E-state index contributed by atoms with van der Waals surface area (Å²) in [6, 6.07) is 12.4. The number of benzene rings is 2. The molecule has 1 aromatic heterocycles. The van der Waals surface area contributed by atoms with Gasteiger partial charge in [0.25, 0.3) is 11.8 Å². The number of aromatic nitrogens is 2. The predicted molar refractivity (Wildman–Crippen MR) is 98.4 cm³/mol. The molecule has 0 N–H and O–H groups in total. The molecule has 1 amide bonds. The van der Waals surface area contributed by atoms with Crippen LogP contribution in [0.15, 0.2) is 53.1 Å². The number of piperidine rings is 1. The average Bonchev–Trinajstić information content (AvgIpc) is 3.18. The second-order valence-electron chi connectivity index (χ2n) is 6.97. The molecule has 7 heteroatoms. The van der Waals surface area contributed by atoms with Crippen LogP contribution in [-0.2, 0) is 6.42 Å². The van der Waals surface area contributed by atoms with Gasteiger partial charge in [-0.1, -0.05) is 23.4 Å². The molecule has 0 aliphatic carbocycles. The molecule has 1 aliphatic rings. The number of hydrogen-bond acceptors (Lipinski definition) is 4. The van der Waals surface area contributed by atoms with Crippen LogP contribution in [0, 0.1) is 17.6 Å². The number of carbonyl (C=O) groups is 1. The van der Waals surface area contributed by atoms with E-state index in [4.69, 9.17) is 4.52 Å². The lowest BCUT2D eigenvalue weighted by atomic mass is 9.94. The van der Waals surface area contributed by atoms with Crippen molar-refractivity contribution in [2.24, 2.45) is 5.92 Å². The standard InChI is InChI=1S/C21H19F2N3O2/c22-16-8-9-18(23)17(12-16)21(27)26-10-4-5-14(13-26)11-19-24-20(28-25-19)15-6-2-1-3-7-15/h1-3,6-9,12,14H,4-5,10-11,13H2. The fraction of sp³-hybridized carbons (Fsp3) is 0.286. The highest BCUT2D eigenvalue weighted by molar-refractivity contribution is 5.94. The molecule has 2 heterocycles. The van der Waals surface area contributed by atoms with E-state index in [1.165, 1.54) is 0 Å². The number of likely N-dealkylation sites (tertiary alicyclic amines) is 1. The van der Waals surface area contributed by atoms with Crippen LogP contribution in [0.2, 0.25) is 0 Å². The minimum Gasteiger partial charge on any atom is -0.338 e. The summed E-state index contributed by atoms with van der Waals surface area (Å²) in [6.45, 7) is 0.969. The van der Waals surface area contributed by atoms with Crippen LogP contribution < -0.4 is 0 Å². The summed E-state index contributed by atoms with van der Waals surface area (Å²) >= 11 is 0. The smallest absolute Gasteiger partial charge is 0.257 e. The second-order valence-corrected chi connectivity index (χ2v) is 6.97. The van der Waals surface area contributed by atoms with Gasteiger partial charge in [0.1, 0.15) is 11.6 Å². The Bertz CT molecular complexity index is 975. The van der Waals surface area contributed by atoms with Gasteiger partial charge in [0.05, 0.1) is 5.56 Å². The lowest BCUT2D eigenvalue weighted by Crippen LogP contribution is -2.41. The third-order valence-electron chi connectivity index (χ3n) is 4.93. The van der Waals surface area contributed by atoms with Crippen molar-refractivity contribution in [2.75, 3.05) is 13.1 Å². The monoisotopic (exact) mass is 383 g/mol. The number of hydrogen-bond donors (Lipinski definition) is 0. The first-order chi connectivity index (χ1) is 13.6. The molecule has 1 saturated heterocycles. The third kappa shape index (κ3) is 3.93. The van der Waals surface area contributed by atoms with E-state index >= 15 is 0 Å². The van der Waals surface area contributed by atoms with Gasteiger partial charge < -0.3 is 9.42 Å². The average molecular weight is 383 g/mol. The van der Waals surface area contributed by atoms with Gasteiger partial charge in [0.2, 0.25) is 0 Å². The van der Waals surface area contributed by atoms with Crippen LogP contribution in [0.5, 0.6) is 0 Å². The van der Waals surface area contributed by atoms with Crippen molar-refractivity contribution < 1.29 is 18.1 Å². The minimum atomic E-state index is -0.709. The Hall–Kier alpha value is -3.09. The molecule has 2 aromatic carbocycles. The van der Waals surface area contributed by atoms with Crippen LogP contribution in [0.3, 0.4) is 0 Å². The summed E-state index contributed by atoms with van der Waals surface area (Å²) in [5, 5.41) is 4.04. The first-order valence-corrected chi connectivity index (χ1v) is 9.22. The van der Waals surface area contributed by atoms with Gasteiger partial charge in [-0.25, -0.2) is 8.78 Å². The minimum absolute atomic E-state index is 0.135. The van der Waals surface area contributed by atoms with Crippen molar-refractivity contribution >= 4 is 5.91 Å². The van der Waals surface area contributed by atoms with E-state index in [0.717, 1.165) is 36.6 Å². The Labute approximate surface area is 161 Å². The second kappa shape index (κ2) is 7.88. The van der Waals surface area contributed by atoms with E-state index in [2.05, 4.69) is 10.1 Å². The van der Waals surface area contributed by atoms with E-state index in [1.807, 2.05) is 30.3 Å². The molecule has 28 heavy (non-hydrogen) atoms. The number of nitrogens with zero attached hydrogens (tertiary/aromatic N) is 3. The first kappa shape index (κ1) is 18.3. The molecular formula is C21H19F2N3O2. The lowest BCUT2D eigenvalue weighted by Gasteiger charge is -2.32. The largest absolute Gasteiger partial charge is 0.338 e. The van der Waals surface area contributed by atoms with Crippen LogP contribution in [0.25, 0.3) is 11.5 Å². The maximum atomic E-state index is 13.9. The van der Waals surface area contributed by atoms with E-state index in [9.17, 15) is 13.6 Å². The van der Waals surface area contributed by atoms with Crippen LogP contribution in [-0.4, -0.2) is 34.0 Å². The molecule has 0 bridgehead atoms. The molecule has 0 radical (unpaired) electrons. The normalized spacial score (nSPS) is 16.9. The van der Waals surface area contributed by atoms with Crippen molar-refractivity contribution in [1.82, 2.24) is 15.0 Å². The molecule has 4 rings (SSSR count). The lowest BCUT2D eigenvalue weighted by molar-refractivity contribution is 0.0666. The Kier molecular flexibility index (Phi) is 5.14. The number of amides is 1. The van der Waals surface area contributed by atoms with Crippen molar-refractivity contribution in [3.8, 4) is 11.5 Å². The van der Waals surface area contributed by atoms with Gasteiger partial charge in [-0.3, -0.25) is 4.79 Å². The maximum absolute atomic E-state index is 13.9. The first-order valence-electron chi connectivity index (χ1n) is 9.22. The van der Waals surface area contributed by atoms with Gasteiger partial charge in [-0.05, 0) is 49.1 Å². The zero-order valence-electron chi connectivity index (χ0n) is 15.1. The van der Waals surface area contributed by atoms with E-state index in [1.54, 1.807) is 4.90 Å². The summed E-state index contributed by atoms with van der Waals surface area (Å²) in [5.74, 6) is -0.649. The molecular weight excluding hydrogens is 364 g/mol. The summed E-state index contributed by atoms with van der Waals surface area (Å²) in [6.07, 6.45) is 2.26. The Morgan fingerprint density at radius 3 is 2.82 bits per heavy atom. The highest BCUT2D eigenvalue weighted by Crippen LogP contribution is 2.24. The Balaban J connectivity index is 1.44. The number of carbonyl (C=O) groups excluding carboxylic acids is 1. The van der Waals surface area contributed by atoms with Gasteiger partial charge in [0, 0.05) is 25.1 Å². The summed E-state index contributed by atoms with van der Waals surface area (Å²) < 4.78 is 32.7. The van der Waals surface area contributed by atoms with E-state index in [-0.39, 0.29) is 11.5 Å². The molecule has 1 fully saturated rings. The highest BCUT2D eigenvalue weighted by Gasteiger charge is 2.27. The SMILES string of the molecule is O=C(c1cc(F)ccc1F)N1CCCC(Cc2noc(-c3ccccc3)n2)C1. The van der Waals surface area contributed by atoms with E-state index in [0.29, 0.717) is 31.2 Å². The van der Waals surface area contributed by atoms with E-state index < -0.39 is 17.5 Å². The van der Waals surface area contributed by atoms with Gasteiger partial charge in [-0.2, -0.15) is 4.98 Å². The molecule has 1 atom stereocenters. The fourth-order valence-corrected chi connectivity index (χ4v) is 3.54. The predicted octanol–water partition coefficient (Wildman–Crippen LogP) is 4.11. The number of halogens is 2. The van der Waals surface area contributed by atoms with Crippen LogP contribution >= 0.6 is 0 Å². The summed E-state index contributed by atoms with van der Waals surface area (Å²) in [7, 11) is 0. The maximum Gasteiger partial charge on any atom is 0.257 e. The molecule has 1 aliphatic heterocycles. The zero-order chi connectivity index (χ0) is 19.5. The topological polar surface area (TPSA) is 59.2 Å². The van der Waals surface area contributed by atoms with Crippen molar-refractivity contribution in [3.63, 3.8) is 0 Å². The number of rotatable bonds is 4. The van der Waals surface area contributed by atoms with Gasteiger partial charge >= 0.3 is 0 Å². The van der Waals surface area contributed by atoms with Crippen molar-refractivity contribution in [1.29, 1.82) is 0 Å². The summed E-state index contributed by atoms with van der Waals surface area (Å²) in [4.78, 5) is 18.6. The molecule has 0 spiro atoms. The third-order valence-corrected chi connectivity index (χ3v) is 4.93. The molecule has 144 valence electrons. The Morgan fingerprint density at radius 1 is 1.18 bits per heavy atom. The molecule has 1 unspecified atom stereocenters. The molecule has 3 aromatic rings. The van der Waals surface area contributed by atoms with Crippen molar-refractivity contribution in [3.05, 3.63) is 71.6 Å². The quantitative estimate of drug-likeness (QED) is 0.680.